The van der Waals surface area contributed by atoms with Gasteiger partial charge in [-0.15, -0.1) is 0 Å². The molecule has 0 saturated carbocycles. The molecule has 1 aromatic carbocycles. The van der Waals surface area contributed by atoms with Crippen molar-refractivity contribution in [2.24, 2.45) is 11.7 Å². The Morgan fingerprint density at radius 1 is 1.32 bits per heavy atom. The lowest BCUT2D eigenvalue weighted by Crippen LogP contribution is -2.53. The molecule has 1 saturated heterocycles. The van der Waals surface area contributed by atoms with E-state index in [0.717, 1.165) is 18.5 Å². The Balaban J connectivity index is 2.15. The van der Waals surface area contributed by atoms with Crippen molar-refractivity contribution >= 4 is 5.91 Å². The number of amides is 1. The summed E-state index contributed by atoms with van der Waals surface area (Å²) >= 11 is 0. The lowest BCUT2D eigenvalue weighted by atomic mass is 9.82. The van der Waals surface area contributed by atoms with Gasteiger partial charge < -0.3 is 10.6 Å². The monoisotopic (exact) mass is 260 g/mol. The minimum Gasteiger partial charge on any atom is -0.340 e. The van der Waals surface area contributed by atoms with Crippen LogP contribution in [0.25, 0.3) is 0 Å². The van der Waals surface area contributed by atoms with Crippen LogP contribution in [0.3, 0.4) is 0 Å². The minimum atomic E-state index is -0.485. The van der Waals surface area contributed by atoms with Crippen LogP contribution in [-0.2, 0) is 10.2 Å². The summed E-state index contributed by atoms with van der Waals surface area (Å²) in [5.74, 6) is 0.685. The molecule has 0 aliphatic carbocycles. The number of hydrogen-bond donors (Lipinski definition) is 1. The maximum atomic E-state index is 12.7. The van der Waals surface area contributed by atoms with E-state index in [1.807, 2.05) is 49.1 Å². The highest BCUT2D eigenvalue weighted by atomic mass is 16.2. The maximum absolute atomic E-state index is 12.7. The molecule has 104 valence electrons. The van der Waals surface area contributed by atoms with Crippen molar-refractivity contribution in [3.8, 4) is 0 Å². The van der Waals surface area contributed by atoms with Gasteiger partial charge in [0.25, 0.3) is 0 Å². The van der Waals surface area contributed by atoms with Crippen molar-refractivity contribution in [3.63, 3.8) is 0 Å². The number of nitrogens with zero attached hydrogens (tertiary/aromatic N) is 1. The quantitative estimate of drug-likeness (QED) is 0.885. The van der Waals surface area contributed by atoms with Crippen molar-refractivity contribution < 1.29 is 4.79 Å². The summed E-state index contributed by atoms with van der Waals surface area (Å²) in [6.07, 6.45) is 0.998. The number of nitrogens with two attached hydrogens (primary N) is 1. The summed E-state index contributed by atoms with van der Waals surface area (Å²) in [6.45, 7) is 7.65. The number of carbonyl (C=O) groups is 1. The maximum Gasteiger partial charge on any atom is 0.232 e. The van der Waals surface area contributed by atoms with Gasteiger partial charge in [-0.25, -0.2) is 0 Å². The first kappa shape index (κ1) is 14.1. The molecule has 0 bridgehead atoms. The highest BCUT2D eigenvalue weighted by molar-refractivity contribution is 5.87. The zero-order valence-electron chi connectivity index (χ0n) is 12.1. The highest BCUT2D eigenvalue weighted by Gasteiger charge is 2.36. The third-order valence-corrected chi connectivity index (χ3v) is 4.33. The molecule has 1 aromatic rings. The first-order valence-electron chi connectivity index (χ1n) is 7.03. The fourth-order valence-corrected chi connectivity index (χ4v) is 2.66. The van der Waals surface area contributed by atoms with Crippen LogP contribution in [0.5, 0.6) is 0 Å². The van der Waals surface area contributed by atoms with E-state index < -0.39 is 5.41 Å². The Morgan fingerprint density at radius 2 is 1.95 bits per heavy atom. The van der Waals surface area contributed by atoms with Crippen LogP contribution in [0.2, 0.25) is 0 Å². The molecule has 2 unspecified atom stereocenters. The lowest BCUT2D eigenvalue weighted by Gasteiger charge is -2.39. The molecule has 0 spiro atoms. The number of likely N-dealkylation sites (tertiary alicyclic amines) is 1. The Kier molecular flexibility index (Phi) is 3.95. The van der Waals surface area contributed by atoms with Gasteiger partial charge in [0.05, 0.1) is 5.41 Å². The average Bonchev–Trinajstić information content (AvgIpc) is 2.42. The van der Waals surface area contributed by atoms with Gasteiger partial charge in [0.2, 0.25) is 5.91 Å². The van der Waals surface area contributed by atoms with E-state index in [1.54, 1.807) is 0 Å². The first-order chi connectivity index (χ1) is 8.93. The van der Waals surface area contributed by atoms with Crippen molar-refractivity contribution in [1.82, 2.24) is 4.90 Å². The van der Waals surface area contributed by atoms with Gasteiger partial charge in [0, 0.05) is 19.1 Å². The predicted molar refractivity (Wildman–Crippen MR) is 77.8 cm³/mol. The van der Waals surface area contributed by atoms with E-state index in [4.69, 9.17) is 5.73 Å². The van der Waals surface area contributed by atoms with Crippen LogP contribution in [0, 0.1) is 5.92 Å². The molecule has 0 radical (unpaired) electrons. The molecule has 1 heterocycles. The molecule has 1 fully saturated rings. The number of benzene rings is 1. The molecule has 19 heavy (non-hydrogen) atoms. The van der Waals surface area contributed by atoms with Crippen LogP contribution >= 0.6 is 0 Å². The second kappa shape index (κ2) is 5.33. The summed E-state index contributed by atoms with van der Waals surface area (Å²) in [5.41, 5.74) is 6.67. The topological polar surface area (TPSA) is 46.3 Å². The summed E-state index contributed by atoms with van der Waals surface area (Å²) in [7, 11) is 0. The first-order valence-corrected chi connectivity index (χ1v) is 7.03. The molecule has 2 atom stereocenters. The second-order valence-corrected chi connectivity index (χ2v) is 6.17. The van der Waals surface area contributed by atoms with E-state index in [9.17, 15) is 4.79 Å². The molecule has 2 N–H and O–H groups in total. The van der Waals surface area contributed by atoms with Gasteiger partial charge in [-0.3, -0.25) is 4.79 Å². The molecule has 0 aromatic heterocycles. The molecular formula is C16H24N2O. The third kappa shape index (κ3) is 2.81. The third-order valence-electron chi connectivity index (χ3n) is 4.33. The Bertz CT molecular complexity index is 441. The van der Waals surface area contributed by atoms with Crippen molar-refractivity contribution in [2.75, 3.05) is 13.1 Å². The molecule has 3 heteroatoms. The average molecular weight is 260 g/mol. The molecule has 1 aliphatic heterocycles. The number of piperidine rings is 1. The van der Waals surface area contributed by atoms with E-state index in [-0.39, 0.29) is 11.9 Å². The van der Waals surface area contributed by atoms with Crippen molar-refractivity contribution in [1.29, 1.82) is 0 Å². The van der Waals surface area contributed by atoms with E-state index in [0.29, 0.717) is 12.5 Å². The normalized spacial score (nSPS) is 24.3. The van der Waals surface area contributed by atoms with E-state index in [1.165, 1.54) is 0 Å². The van der Waals surface area contributed by atoms with Gasteiger partial charge in [-0.2, -0.15) is 0 Å². The zero-order valence-corrected chi connectivity index (χ0v) is 12.1. The van der Waals surface area contributed by atoms with Gasteiger partial charge >= 0.3 is 0 Å². The van der Waals surface area contributed by atoms with Crippen LogP contribution in [0.15, 0.2) is 30.3 Å². The number of carbonyl (C=O) groups excluding carboxylic acids is 1. The summed E-state index contributed by atoms with van der Waals surface area (Å²) in [6, 6.07) is 10.1. The molecule has 2 rings (SSSR count). The molecule has 1 amide bonds. The summed E-state index contributed by atoms with van der Waals surface area (Å²) in [4.78, 5) is 14.7. The fourth-order valence-electron chi connectivity index (χ4n) is 2.66. The van der Waals surface area contributed by atoms with Gasteiger partial charge in [0.15, 0.2) is 0 Å². The minimum absolute atomic E-state index is 0.101. The van der Waals surface area contributed by atoms with Gasteiger partial charge in [0.1, 0.15) is 0 Å². The van der Waals surface area contributed by atoms with Crippen LogP contribution < -0.4 is 5.73 Å². The molecule has 1 aliphatic rings. The summed E-state index contributed by atoms with van der Waals surface area (Å²) in [5, 5.41) is 0. The molecular weight excluding hydrogens is 236 g/mol. The van der Waals surface area contributed by atoms with Gasteiger partial charge in [-0.1, -0.05) is 37.3 Å². The SMILES string of the molecule is CC1CCN(C(=O)C(C)(C)c2ccccc2)CC1N. The van der Waals surface area contributed by atoms with Crippen LogP contribution in [0.4, 0.5) is 0 Å². The Hall–Kier alpha value is -1.35. The van der Waals surface area contributed by atoms with Gasteiger partial charge in [-0.05, 0) is 31.7 Å². The molecule has 3 nitrogen and oxygen atoms in total. The van der Waals surface area contributed by atoms with Crippen molar-refractivity contribution in [2.45, 2.75) is 38.6 Å². The Morgan fingerprint density at radius 3 is 2.53 bits per heavy atom. The summed E-state index contributed by atoms with van der Waals surface area (Å²) < 4.78 is 0. The zero-order chi connectivity index (χ0) is 14.0. The second-order valence-electron chi connectivity index (χ2n) is 6.17. The fraction of sp³-hybridized carbons (Fsp3) is 0.562. The van der Waals surface area contributed by atoms with E-state index >= 15 is 0 Å². The standard InChI is InChI=1S/C16H24N2O/c1-12-9-10-18(11-14(12)17)15(19)16(2,3)13-7-5-4-6-8-13/h4-8,12,14H,9-11,17H2,1-3H3. The van der Waals surface area contributed by atoms with Crippen molar-refractivity contribution in [3.05, 3.63) is 35.9 Å². The number of hydrogen-bond acceptors (Lipinski definition) is 2. The predicted octanol–water partition coefficient (Wildman–Crippen LogP) is 2.16. The smallest absolute Gasteiger partial charge is 0.232 e. The largest absolute Gasteiger partial charge is 0.340 e. The highest BCUT2D eigenvalue weighted by Crippen LogP contribution is 2.27. The van der Waals surface area contributed by atoms with Crippen LogP contribution in [-0.4, -0.2) is 29.9 Å². The van der Waals surface area contributed by atoms with E-state index in [2.05, 4.69) is 6.92 Å². The number of rotatable bonds is 2. The Labute approximate surface area is 115 Å². The van der Waals surface area contributed by atoms with Crippen LogP contribution in [0.1, 0.15) is 32.8 Å². The lowest BCUT2D eigenvalue weighted by molar-refractivity contribution is -0.138.